The van der Waals surface area contributed by atoms with Crippen molar-refractivity contribution in [2.24, 2.45) is 0 Å². The Morgan fingerprint density at radius 2 is 2.10 bits per heavy atom. The zero-order valence-corrected chi connectivity index (χ0v) is 12.2. The molecule has 1 aromatic heterocycles. The van der Waals surface area contributed by atoms with Crippen LogP contribution in [0, 0.1) is 0 Å². The Morgan fingerprint density at radius 1 is 1.25 bits per heavy atom. The summed E-state index contributed by atoms with van der Waals surface area (Å²) in [6.07, 6.45) is 2.12. The number of carbonyl (C=O) groups is 2. The molecule has 3 nitrogen and oxygen atoms in total. The second-order valence-electron chi connectivity index (χ2n) is 4.70. The number of fused-ring (bicyclic) bond motifs is 1. The van der Waals surface area contributed by atoms with E-state index in [1.54, 1.807) is 23.6 Å². The molecule has 0 bridgehead atoms. The van der Waals surface area contributed by atoms with Crippen LogP contribution in [-0.2, 0) is 11.2 Å². The third-order valence-corrected chi connectivity index (χ3v) is 4.66. The summed E-state index contributed by atoms with van der Waals surface area (Å²) < 4.78 is 0. The van der Waals surface area contributed by atoms with Gasteiger partial charge in [-0.1, -0.05) is 11.6 Å². The first-order valence-electron chi connectivity index (χ1n) is 6.35. The van der Waals surface area contributed by atoms with E-state index in [0.717, 1.165) is 24.1 Å². The minimum atomic E-state index is -0.0663. The Kier molecular flexibility index (Phi) is 3.59. The van der Waals surface area contributed by atoms with Crippen LogP contribution in [0.3, 0.4) is 0 Å². The zero-order chi connectivity index (χ0) is 14.1. The molecule has 20 heavy (non-hydrogen) atoms. The number of halogens is 1. The summed E-state index contributed by atoms with van der Waals surface area (Å²) in [6.45, 7) is 0. The molecule has 1 amide bonds. The second-order valence-corrected chi connectivity index (χ2v) is 6.02. The predicted octanol–water partition coefficient (Wildman–Crippen LogP) is 3.91. The lowest BCUT2D eigenvalue weighted by Gasteiger charge is -2.08. The summed E-state index contributed by atoms with van der Waals surface area (Å²) in [5, 5.41) is 5.15. The highest BCUT2D eigenvalue weighted by Crippen LogP contribution is 2.28. The Hall–Kier alpha value is -1.65. The number of rotatable bonds is 2. The molecule has 0 atom stereocenters. The van der Waals surface area contributed by atoms with E-state index in [4.69, 9.17) is 11.6 Å². The van der Waals surface area contributed by atoms with E-state index in [1.165, 1.54) is 11.3 Å². The van der Waals surface area contributed by atoms with E-state index < -0.39 is 0 Å². The molecule has 0 aliphatic carbocycles. The SMILES string of the molecule is O=C1CCCc2cc(C(=O)c3sccc3Cl)ccc2N1. The number of hydrogen-bond acceptors (Lipinski definition) is 3. The Balaban J connectivity index is 1.96. The van der Waals surface area contributed by atoms with Crippen molar-refractivity contribution >= 4 is 40.3 Å². The smallest absolute Gasteiger partial charge is 0.224 e. The van der Waals surface area contributed by atoms with Gasteiger partial charge in [-0.3, -0.25) is 9.59 Å². The molecule has 1 aliphatic heterocycles. The van der Waals surface area contributed by atoms with E-state index in [9.17, 15) is 9.59 Å². The summed E-state index contributed by atoms with van der Waals surface area (Å²) >= 11 is 7.35. The summed E-state index contributed by atoms with van der Waals surface area (Å²) in [6, 6.07) is 7.12. The number of ketones is 1. The van der Waals surface area contributed by atoms with Crippen molar-refractivity contribution < 1.29 is 9.59 Å². The lowest BCUT2D eigenvalue weighted by molar-refractivity contribution is -0.116. The monoisotopic (exact) mass is 305 g/mol. The Bertz CT molecular complexity index is 693. The van der Waals surface area contributed by atoms with Crippen LogP contribution in [-0.4, -0.2) is 11.7 Å². The molecule has 0 radical (unpaired) electrons. The van der Waals surface area contributed by atoms with Gasteiger partial charge in [0.25, 0.3) is 0 Å². The van der Waals surface area contributed by atoms with Crippen LogP contribution in [0.5, 0.6) is 0 Å². The summed E-state index contributed by atoms with van der Waals surface area (Å²) in [5.74, 6) is -0.0347. The normalized spacial score (nSPS) is 14.3. The fourth-order valence-corrected chi connectivity index (χ4v) is 3.41. The van der Waals surface area contributed by atoms with Crippen molar-refractivity contribution in [2.75, 3.05) is 5.32 Å². The van der Waals surface area contributed by atoms with Gasteiger partial charge in [0, 0.05) is 17.7 Å². The molecule has 0 fully saturated rings. The van der Waals surface area contributed by atoms with Gasteiger partial charge in [0.1, 0.15) is 0 Å². The first-order valence-corrected chi connectivity index (χ1v) is 7.61. The largest absolute Gasteiger partial charge is 0.326 e. The number of nitrogens with one attached hydrogen (secondary N) is 1. The van der Waals surface area contributed by atoms with Gasteiger partial charge in [-0.2, -0.15) is 0 Å². The van der Waals surface area contributed by atoms with E-state index in [-0.39, 0.29) is 11.7 Å². The topological polar surface area (TPSA) is 46.2 Å². The van der Waals surface area contributed by atoms with Crippen LogP contribution in [0.15, 0.2) is 29.6 Å². The number of anilines is 1. The molecule has 0 unspecified atom stereocenters. The van der Waals surface area contributed by atoms with Gasteiger partial charge in [-0.15, -0.1) is 11.3 Å². The number of carbonyl (C=O) groups excluding carboxylic acids is 2. The number of benzene rings is 1. The summed E-state index contributed by atoms with van der Waals surface area (Å²) in [5.41, 5.74) is 2.43. The van der Waals surface area contributed by atoms with Gasteiger partial charge < -0.3 is 5.32 Å². The maximum absolute atomic E-state index is 12.4. The van der Waals surface area contributed by atoms with Crippen LogP contribution in [0.1, 0.15) is 33.6 Å². The molecule has 102 valence electrons. The maximum atomic E-state index is 12.4. The molecular weight excluding hydrogens is 294 g/mol. The molecule has 1 aliphatic rings. The molecule has 2 heterocycles. The van der Waals surface area contributed by atoms with E-state index in [1.807, 2.05) is 6.07 Å². The minimum absolute atomic E-state index is 0.0316. The van der Waals surface area contributed by atoms with E-state index in [2.05, 4.69) is 5.32 Å². The quantitative estimate of drug-likeness (QED) is 0.855. The minimum Gasteiger partial charge on any atom is -0.326 e. The van der Waals surface area contributed by atoms with Gasteiger partial charge in [-0.25, -0.2) is 0 Å². The standard InChI is InChI=1S/C15H12ClNO2S/c16-11-6-7-20-15(11)14(19)10-4-5-12-9(8-10)2-1-3-13(18)17-12/h4-8H,1-3H2,(H,17,18). The van der Waals surface area contributed by atoms with Gasteiger partial charge in [0.2, 0.25) is 11.7 Å². The van der Waals surface area contributed by atoms with Crippen LogP contribution in [0.25, 0.3) is 0 Å². The average molecular weight is 306 g/mol. The Morgan fingerprint density at radius 3 is 2.85 bits per heavy atom. The van der Waals surface area contributed by atoms with Crippen molar-refractivity contribution in [3.8, 4) is 0 Å². The molecule has 1 N–H and O–H groups in total. The fourth-order valence-electron chi connectivity index (χ4n) is 2.30. The Labute approximate surface area is 125 Å². The lowest BCUT2D eigenvalue weighted by atomic mass is 10.0. The second kappa shape index (κ2) is 5.38. The van der Waals surface area contributed by atoms with Crippen LogP contribution in [0.2, 0.25) is 5.02 Å². The third-order valence-electron chi connectivity index (χ3n) is 3.31. The van der Waals surface area contributed by atoms with E-state index >= 15 is 0 Å². The molecule has 3 rings (SSSR count). The highest BCUT2D eigenvalue weighted by atomic mass is 35.5. The summed E-state index contributed by atoms with van der Waals surface area (Å²) in [4.78, 5) is 24.5. The van der Waals surface area contributed by atoms with Gasteiger partial charge in [0.05, 0.1) is 9.90 Å². The lowest BCUT2D eigenvalue weighted by Crippen LogP contribution is -2.09. The summed E-state index contributed by atoms with van der Waals surface area (Å²) in [7, 11) is 0. The van der Waals surface area contributed by atoms with E-state index in [0.29, 0.717) is 21.9 Å². The number of thiophene rings is 1. The molecule has 5 heteroatoms. The van der Waals surface area contributed by atoms with Gasteiger partial charge in [-0.05, 0) is 48.1 Å². The fraction of sp³-hybridized carbons (Fsp3) is 0.200. The van der Waals surface area contributed by atoms with Gasteiger partial charge >= 0.3 is 0 Å². The molecule has 0 spiro atoms. The van der Waals surface area contributed by atoms with Crippen molar-refractivity contribution in [2.45, 2.75) is 19.3 Å². The van der Waals surface area contributed by atoms with Crippen molar-refractivity contribution in [1.29, 1.82) is 0 Å². The van der Waals surface area contributed by atoms with Crippen molar-refractivity contribution in [3.63, 3.8) is 0 Å². The van der Waals surface area contributed by atoms with Crippen molar-refractivity contribution in [3.05, 3.63) is 50.7 Å². The number of aryl methyl sites for hydroxylation is 1. The first-order chi connectivity index (χ1) is 9.65. The van der Waals surface area contributed by atoms with Crippen molar-refractivity contribution in [1.82, 2.24) is 0 Å². The average Bonchev–Trinajstić information content (AvgIpc) is 2.76. The maximum Gasteiger partial charge on any atom is 0.224 e. The zero-order valence-electron chi connectivity index (χ0n) is 10.6. The number of amides is 1. The molecule has 0 saturated carbocycles. The van der Waals surface area contributed by atoms with Crippen LogP contribution >= 0.6 is 22.9 Å². The third kappa shape index (κ3) is 2.49. The molecule has 2 aromatic rings. The molecule has 0 saturated heterocycles. The van der Waals surface area contributed by atoms with Crippen LogP contribution in [0.4, 0.5) is 5.69 Å². The van der Waals surface area contributed by atoms with Crippen LogP contribution < -0.4 is 5.32 Å². The highest BCUT2D eigenvalue weighted by Gasteiger charge is 2.18. The first kappa shape index (κ1) is 13.3. The molecule has 1 aromatic carbocycles. The van der Waals surface area contributed by atoms with Gasteiger partial charge in [0.15, 0.2) is 0 Å². The highest BCUT2D eigenvalue weighted by molar-refractivity contribution is 7.13. The molecular formula is C15H12ClNO2S. The number of hydrogen-bond donors (Lipinski definition) is 1. The predicted molar refractivity (Wildman–Crippen MR) is 80.8 cm³/mol.